The molecule has 8 heteroatoms. The molecule has 1 aliphatic carbocycles. The number of nitrogens with two attached hydrogens (primary N) is 1. The summed E-state index contributed by atoms with van der Waals surface area (Å²) in [5.74, 6) is 0.981. The molecule has 4 aromatic heterocycles. The Bertz CT molecular complexity index is 1210. The van der Waals surface area contributed by atoms with Gasteiger partial charge in [0.1, 0.15) is 23.3 Å². The molecule has 4 heterocycles. The maximum absolute atomic E-state index is 12.8. The maximum Gasteiger partial charge on any atom is 0.247 e. The number of nitrogen functional groups attached to an aromatic ring is 1. The third-order valence-electron chi connectivity index (χ3n) is 5.26. The number of hydrogen-bond donors (Lipinski definition) is 1. The molecular weight excluding hydrogens is 368 g/mol. The number of hydrogen-bond acceptors (Lipinski definition) is 7. The number of Topliss-reactive ketones (excluding diaryl/α,β-unsaturated/α-hetero) is 1. The van der Waals surface area contributed by atoms with E-state index in [0.717, 1.165) is 23.3 Å². The summed E-state index contributed by atoms with van der Waals surface area (Å²) in [6, 6.07) is 3.79. The van der Waals surface area contributed by atoms with Crippen LogP contribution in [0.1, 0.15) is 41.9 Å². The number of anilines is 1. The van der Waals surface area contributed by atoms with E-state index in [1.807, 2.05) is 29.7 Å². The van der Waals surface area contributed by atoms with Crippen LogP contribution in [-0.2, 0) is 0 Å². The minimum atomic E-state index is -0.0815. The molecule has 0 bridgehead atoms. The Hall–Kier alpha value is -3.55. The van der Waals surface area contributed by atoms with Crippen LogP contribution in [0.15, 0.2) is 41.4 Å². The predicted octanol–water partition coefficient (Wildman–Crippen LogP) is 3.71. The maximum atomic E-state index is 12.8. The average Bonchev–Trinajstić information content (AvgIpc) is 3.25. The molecule has 0 amide bonds. The summed E-state index contributed by atoms with van der Waals surface area (Å²) in [7, 11) is 0. The van der Waals surface area contributed by atoms with Crippen LogP contribution in [0.4, 0.5) is 5.82 Å². The van der Waals surface area contributed by atoms with Crippen LogP contribution < -0.4 is 5.73 Å². The zero-order valence-corrected chi connectivity index (χ0v) is 16.0. The van der Waals surface area contributed by atoms with E-state index in [2.05, 4.69) is 19.9 Å². The highest BCUT2D eigenvalue weighted by Crippen LogP contribution is 2.35. The van der Waals surface area contributed by atoms with Gasteiger partial charge in [-0.1, -0.05) is 12.8 Å². The number of oxazole rings is 1. The lowest BCUT2D eigenvalue weighted by Gasteiger charge is -2.11. The number of pyridine rings is 1. The summed E-state index contributed by atoms with van der Waals surface area (Å²) in [5, 5.41) is 0. The Kier molecular flexibility index (Phi) is 4.12. The molecule has 146 valence electrons. The van der Waals surface area contributed by atoms with Gasteiger partial charge in [-0.2, -0.15) is 0 Å². The molecule has 0 aliphatic heterocycles. The van der Waals surface area contributed by atoms with Gasteiger partial charge in [-0.05, 0) is 31.4 Å². The second kappa shape index (κ2) is 6.80. The molecule has 2 N–H and O–H groups in total. The van der Waals surface area contributed by atoms with Crippen molar-refractivity contribution in [3.05, 3.63) is 48.4 Å². The third kappa shape index (κ3) is 3.26. The first-order valence-electron chi connectivity index (χ1n) is 9.65. The lowest BCUT2D eigenvalue weighted by Crippen LogP contribution is -2.11. The van der Waals surface area contributed by atoms with E-state index in [1.54, 1.807) is 6.20 Å². The molecule has 0 radical (unpaired) electrons. The van der Waals surface area contributed by atoms with Gasteiger partial charge in [-0.25, -0.2) is 19.9 Å². The number of carbonyl (C=O) groups excluding carboxylic acids is 1. The molecule has 0 saturated heterocycles. The summed E-state index contributed by atoms with van der Waals surface area (Å²) >= 11 is 0. The fourth-order valence-electron chi connectivity index (χ4n) is 3.45. The highest BCUT2D eigenvalue weighted by molar-refractivity contribution is 5.99. The number of imidazole rings is 1. The molecule has 5 rings (SSSR count). The summed E-state index contributed by atoms with van der Waals surface area (Å²) in [6.07, 6.45) is 10.4. The first kappa shape index (κ1) is 17.5. The van der Waals surface area contributed by atoms with E-state index < -0.39 is 0 Å². The highest BCUT2D eigenvalue weighted by Gasteiger charge is 2.25. The molecule has 29 heavy (non-hydrogen) atoms. The van der Waals surface area contributed by atoms with E-state index in [9.17, 15) is 4.79 Å². The van der Waals surface area contributed by atoms with Gasteiger partial charge in [0.25, 0.3) is 0 Å². The Morgan fingerprint density at radius 2 is 2.10 bits per heavy atom. The molecule has 1 fully saturated rings. The molecule has 1 aliphatic rings. The molecule has 8 nitrogen and oxygen atoms in total. The lowest BCUT2D eigenvalue weighted by molar-refractivity contribution is 0.0974. The zero-order valence-electron chi connectivity index (χ0n) is 16.0. The van der Waals surface area contributed by atoms with E-state index in [-0.39, 0.29) is 17.3 Å². The van der Waals surface area contributed by atoms with Crippen molar-refractivity contribution in [2.75, 3.05) is 5.73 Å². The van der Waals surface area contributed by atoms with Crippen molar-refractivity contribution in [1.82, 2.24) is 24.3 Å². The van der Waals surface area contributed by atoms with Crippen LogP contribution in [0.5, 0.6) is 0 Å². The second-order valence-electron chi connectivity index (χ2n) is 7.44. The largest absolute Gasteiger partial charge is 0.443 e. The summed E-state index contributed by atoms with van der Waals surface area (Å²) < 4.78 is 7.41. The predicted molar refractivity (Wildman–Crippen MR) is 107 cm³/mol. The smallest absolute Gasteiger partial charge is 0.247 e. The fraction of sp³-hybridized carbons (Fsp3) is 0.286. The van der Waals surface area contributed by atoms with E-state index in [4.69, 9.17) is 10.2 Å². The van der Waals surface area contributed by atoms with Crippen molar-refractivity contribution in [2.45, 2.75) is 32.6 Å². The molecule has 0 aromatic carbocycles. The minimum Gasteiger partial charge on any atom is -0.443 e. The molecule has 0 unspecified atom stereocenters. The normalized spacial score (nSPS) is 13.8. The van der Waals surface area contributed by atoms with Crippen LogP contribution in [0, 0.1) is 12.8 Å². The Morgan fingerprint density at radius 1 is 1.24 bits per heavy atom. The van der Waals surface area contributed by atoms with E-state index >= 15 is 0 Å². The zero-order chi connectivity index (χ0) is 20.0. The number of ketones is 1. The van der Waals surface area contributed by atoms with E-state index in [0.29, 0.717) is 29.6 Å². The van der Waals surface area contributed by atoms with Crippen LogP contribution in [0.25, 0.3) is 28.5 Å². The lowest BCUT2D eigenvalue weighted by atomic mass is 10.1. The van der Waals surface area contributed by atoms with Crippen molar-refractivity contribution in [3.8, 4) is 22.8 Å². The fourth-order valence-corrected chi connectivity index (χ4v) is 3.45. The van der Waals surface area contributed by atoms with Crippen LogP contribution >= 0.6 is 0 Å². The van der Waals surface area contributed by atoms with Crippen LogP contribution in [0.3, 0.4) is 0 Å². The summed E-state index contributed by atoms with van der Waals surface area (Å²) in [4.78, 5) is 30.4. The summed E-state index contributed by atoms with van der Waals surface area (Å²) in [5.41, 5.74) is 9.83. The van der Waals surface area contributed by atoms with Crippen LogP contribution in [-0.4, -0.2) is 30.1 Å². The molecule has 1 saturated carbocycles. The molecule has 4 aromatic rings. The van der Waals surface area contributed by atoms with Gasteiger partial charge in [0.05, 0.1) is 6.20 Å². The Morgan fingerprint density at radius 3 is 2.86 bits per heavy atom. The number of fused-ring (bicyclic) bond motifs is 1. The average molecular weight is 388 g/mol. The molecular formula is C21H20N6O2. The Balaban J connectivity index is 1.64. The van der Waals surface area contributed by atoms with Gasteiger partial charge in [0.2, 0.25) is 5.89 Å². The SMILES string of the molecule is Cc1cnc2ccc(-c3nc(C(=O)CCC4CC4)c(N)nc3-c3ncco3)cn12. The Labute approximate surface area is 166 Å². The first-order valence-corrected chi connectivity index (χ1v) is 9.65. The van der Waals surface area contributed by atoms with Gasteiger partial charge in [-0.3, -0.25) is 4.79 Å². The second-order valence-corrected chi connectivity index (χ2v) is 7.44. The first-order chi connectivity index (χ1) is 14.1. The van der Waals surface area contributed by atoms with Gasteiger partial charge in [0.15, 0.2) is 17.3 Å². The standard InChI is InChI=1S/C21H20N6O2/c1-12-10-24-16-7-5-14(11-27(12)16)17-19(21-23-8-9-29-21)26-20(22)18(25-17)15(28)6-4-13-2-3-13/h5,7-11,13H,2-4,6H2,1H3,(H2,22,26). The summed E-state index contributed by atoms with van der Waals surface area (Å²) in [6.45, 7) is 1.97. The van der Waals surface area contributed by atoms with Crippen molar-refractivity contribution in [2.24, 2.45) is 5.92 Å². The monoisotopic (exact) mass is 388 g/mol. The van der Waals surface area contributed by atoms with Gasteiger partial charge in [-0.15, -0.1) is 0 Å². The van der Waals surface area contributed by atoms with Crippen molar-refractivity contribution >= 4 is 17.2 Å². The third-order valence-corrected chi connectivity index (χ3v) is 5.26. The van der Waals surface area contributed by atoms with Crippen LogP contribution in [0.2, 0.25) is 0 Å². The van der Waals surface area contributed by atoms with Gasteiger partial charge >= 0.3 is 0 Å². The topological polar surface area (TPSA) is 112 Å². The minimum absolute atomic E-state index is 0.0815. The number of nitrogens with zero attached hydrogens (tertiary/aromatic N) is 5. The quantitative estimate of drug-likeness (QED) is 0.501. The van der Waals surface area contributed by atoms with Crippen molar-refractivity contribution in [1.29, 1.82) is 0 Å². The van der Waals surface area contributed by atoms with Gasteiger partial charge in [0, 0.05) is 30.1 Å². The van der Waals surface area contributed by atoms with Crippen molar-refractivity contribution in [3.63, 3.8) is 0 Å². The number of aromatic nitrogens is 5. The highest BCUT2D eigenvalue weighted by atomic mass is 16.3. The molecule has 0 atom stereocenters. The number of aryl methyl sites for hydroxylation is 1. The van der Waals surface area contributed by atoms with Crippen molar-refractivity contribution < 1.29 is 9.21 Å². The number of rotatable bonds is 6. The van der Waals surface area contributed by atoms with E-state index in [1.165, 1.54) is 25.3 Å². The van der Waals surface area contributed by atoms with Gasteiger partial charge < -0.3 is 14.6 Å². The number of carbonyl (C=O) groups is 1. The molecule has 0 spiro atoms.